The number of aromatic nitrogens is 1. The van der Waals surface area contributed by atoms with Gasteiger partial charge in [0.05, 0.1) is 19.8 Å². The molecule has 0 fully saturated rings. The highest BCUT2D eigenvalue weighted by molar-refractivity contribution is 5.88. The van der Waals surface area contributed by atoms with Crippen molar-refractivity contribution in [2.75, 3.05) is 14.2 Å². The fourth-order valence-electron chi connectivity index (χ4n) is 1.09. The molecule has 0 saturated heterocycles. The molecule has 0 aliphatic heterocycles. The van der Waals surface area contributed by atoms with E-state index >= 15 is 0 Å². The first-order chi connectivity index (χ1) is 7.52. The van der Waals surface area contributed by atoms with Gasteiger partial charge in [0.1, 0.15) is 0 Å². The number of halogens is 3. The van der Waals surface area contributed by atoms with E-state index in [0.717, 1.165) is 14.2 Å². The molecule has 0 unspecified atom stereocenters. The van der Waals surface area contributed by atoms with Gasteiger partial charge in [0.2, 0.25) is 0 Å². The lowest BCUT2D eigenvalue weighted by atomic mass is 10.2. The van der Waals surface area contributed by atoms with Crippen LogP contribution in [0.4, 0.5) is 13.2 Å². The molecule has 1 rings (SSSR count). The highest BCUT2D eigenvalue weighted by Crippen LogP contribution is 2.31. The number of hydrogen-bond donors (Lipinski definition) is 0. The van der Waals surface area contributed by atoms with Crippen LogP contribution in [-0.2, 0) is 4.74 Å². The molecular formula is C9H8F3NO3. The zero-order valence-corrected chi connectivity index (χ0v) is 8.46. The zero-order valence-electron chi connectivity index (χ0n) is 8.46. The molecule has 16 heavy (non-hydrogen) atoms. The van der Waals surface area contributed by atoms with E-state index in [-0.39, 0.29) is 0 Å². The second-order valence-electron chi connectivity index (χ2n) is 2.70. The Balaban J connectivity index is 3.34. The van der Waals surface area contributed by atoms with Gasteiger partial charge in [0.25, 0.3) is 6.43 Å². The monoisotopic (exact) mass is 235 g/mol. The molecule has 1 aromatic heterocycles. The number of carbonyl (C=O) groups excluding carboxylic acids is 1. The first-order valence-electron chi connectivity index (χ1n) is 4.11. The number of rotatable bonds is 3. The normalized spacial score (nSPS) is 10.4. The maximum atomic E-state index is 13.5. The van der Waals surface area contributed by atoms with Crippen LogP contribution in [0.1, 0.15) is 22.5 Å². The van der Waals surface area contributed by atoms with Crippen molar-refractivity contribution in [3.8, 4) is 5.75 Å². The minimum absolute atomic E-state index is 0.679. The molecule has 0 spiro atoms. The molecule has 0 aliphatic carbocycles. The van der Waals surface area contributed by atoms with E-state index in [1.165, 1.54) is 0 Å². The Morgan fingerprint density at radius 1 is 1.44 bits per heavy atom. The van der Waals surface area contributed by atoms with Gasteiger partial charge in [-0.25, -0.2) is 22.9 Å². The van der Waals surface area contributed by atoms with Crippen molar-refractivity contribution in [2.45, 2.75) is 6.43 Å². The van der Waals surface area contributed by atoms with Crippen LogP contribution < -0.4 is 4.74 Å². The molecule has 1 aromatic rings. The predicted octanol–water partition coefficient (Wildman–Crippen LogP) is 1.95. The number of hydrogen-bond acceptors (Lipinski definition) is 4. The van der Waals surface area contributed by atoms with Crippen molar-refractivity contribution in [1.82, 2.24) is 4.98 Å². The predicted molar refractivity (Wildman–Crippen MR) is 47.0 cm³/mol. The molecule has 0 radical (unpaired) electrons. The van der Waals surface area contributed by atoms with Crippen LogP contribution in [0, 0.1) is 5.82 Å². The van der Waals surface area contributed by atoms with Crippen molar-refractivity contribution in [2.24, 2.45) is 0 Å². The smallest absolute Gasteiger partial charge is 0.359 e. The molecule has 0 saturated carbocycles. The van der Waals surface area contributed by atoms with Crippen LogP contribution >= 0.6 is 0 Å². The summed E-state index contributed by atoms with van der Waals surface area (Å²) in [6.07, 6.45) is -2.26. The summed E-state index contributed by atoms with van der Waals surface area (Å²) in [5.41, 5.74) is -1.41. The zero-order chi connectivity index (χ0) is 12.3. The first-order valence-corrected chi connectivity index (χ1v) is 4.11. The first kappa shape index (κ1) is 12.3. The average Bonchev–Trinajstić information content (AvgIpc) is 2.27. The van der Waals surface area contributed by atoms with Gasteiger partial charge in [-0.05, 0) is 0 Å². The van der Waals surface area contributed by atoms with E-state index in [1.807, 2.05) is 0 Å². The molecule has 4 nitrogen and oxygen atoms in total. The average molecular weight is 235 g/mol. The van der Waals surface area contributed by atoms with Gasteiger partial charge >= 0.3 is 5.97 Å². The Hall–Kier alpha value is -1.79. The maximum absolute atomic E-state index is 13.5. The number of methoxy groups -OCH3 is 2. The van der Waals surface area contributed by atoms with E-state index in [4.69, 9.17) is 0 Å². The third kappa shape index (κ3) is 2.07. The van der Waals surface area contributed by atoms with Crippen molar-refractivity contribution < 1.29 is 27.4 Å². The number of pyridine rings is 1. The molecule has 0 amide bonds. The Bertz CT molecular complexity index is 409. The van der Waals surface area contributed by atoms with E-state index in [0.29, 0.717) is 6.20 Å². The minimum Gasteiger partial charge on any atom is -0.493 e. The molecule has 88 valence electrons. The van der Waals surface area contributed by atoms with E-state index in [9.17, 15) is 18.0 Å². The van der Waals surface area contributed by atoms with E-state index in [2.05, 4.69) is 14.5 Å². The Morgan fingerprint density at radius 2 is 2.06 bits per heavy atom. The van der Waals surface area contributed by atoms with Crippen molar-refractivity contribution in [3.63, 3.8) is 0 Å². The second kappa shape index (κ2) is 4.82. The van der Waals surface area contributed by atoms with Crippen LogP contribution in [0.5, 0.6) is 5.75 Å². The Labute approximate surface area is 89.0 Å². The highest BCUT2D eigenvalue weighted by Gasteiger charge is 2.25. The third-order valence-electron chi connectivity index (χ3n) is 1.82. The SMILES string of the molecule is COC(=O)c1ncc(C(F)F)c(OC)c1F. The fraction of sp³-hybridized carbons (Fsp3) is 0.333. The van der Waals surface area contributed by atoms with Crippen molar-refractivity contribution in [3.05, 3.63) is 23.3 Å². The van der Waals surface area contributed by atoms with Crippen molar-refractivity contribution in [1.29, 1.82) is 0 Å². The molecule has 0 bridgehead atoms. The second-order valence-corrected chi connectivity index (χ2v) is 2.70. The molecule has 0 N–H and O–H groups in total. The summed E-state index contributed by atoms with van der Waals surface area (Å²) in [5.74, 6) is -3.02. The lowest BCUT2D eigenvalue weighted by molar-refractivity contribution is 0.0586. The summed E-state index contributed by atoms with van der Waals surface area (Å²) in [4.78, 5) is 14.3. The van der Waals surface area contributed by atoms with E-state index in [1.54, 1.807) is 0 Å². The van der Waals surface area contributed by atoms with Crippen LogP contribution in [0.25, 0.3) is 0 Å². The molecule has 0 atom stereocenters. The number of alkyl halides is 2. The standard InChI is InChI=1S/C9H8F3NO3/c1-15-7-4(8(11)12)3-13-6(5(7)10)9(14)16-2/h3,8H,1-2H3. The lowest BCUT2D eigenvalue weighted by Gasteiger charge is -2.10. The quantitative estimate of drug-likeness (QED) is 0.751. The van der Waals surface area contributed by atoms with Gasteiger partial charge in [0, 0.05) is 6.20 Å². The summed E-state index contributed by atoms with van der Waals surface area (Å²) in [6.45, 7) is 0. The molecule has 0 aromatic carbocycles. The van der Waals surface area contributed by atoms with Gasteiger partial charge in [-0.2, -0.15) is 0 Å². The summed E-state index contributed by atoms with van der Waals surface area (Å²) in [5, 5.41) is 0. The number of ether oxygens (including phenoxy) is 2. The van der Waals surface area contributed by atoms with Crippen LogP contribution in [0.3, 0.4) is 0 Å². The van der Waals surface area contributed by atoms with Crippen LogP contribution in [0.2, 0.25) is 0 Å². The highest BCUT2D eigenvalue weighted by atomic mass is 19.3. The van der Waals surface area contributed by atoms with Gasteiger partial charge in [-0.3, -0.25) is 0 Å². The summed E-state index contributed by atoms with van der Waals surface area (Å²) < 4.78 is 47.0. The largest absolute Gasteiger partial charge is 0.493 e. The van der Waals surface area contributed by atoms with Gasteiger partial charge in [0.15, 0.2) is 17.3 Å². The summed E-state index contributed by atoms with van der Waals surface area (Å²) in [6, 6.07) is 0. The Morgan fingerprint density at radius 3 is 2.50 bits per heavy atom. The number of esters is 1. The summed E-state index contributed by atoms with van der Waals surface area (Å²) >= 11 is 0. The molecule has 0 aliphatic rings. The number of nitrogens with zero attached hydrogens (tertiary/aromatic N) is 1. The van der Waals surface area contributed by atoms with Crippen LogP contribution in [-0.4, -0.2) is 25.2 Å². The van der Waals surface area contributed by atoms with Crippen molar-refractivity contribution >= 4 is 5.97 Å². The van der Waals surface area contributed by atoms with Gasteiger partial charge in [-0.1, -0.05) is 0 Å². The van der Waals surface area contributed by atoms with E-state index < -0.39 is 35.2 Å². The maximum Gasteiger partial charge on any atom is 0.359 e. The van der Waals surface area contributed by atoms with Crippen LogP contribution in [0.15, 0.2) is 6.20 Å². The lowest BCUT2D eigenvalue weighted by Crippen LogP contribution is -2.10. The minimum atomic E-state index is -2.94. The number of carbonyl (C=O) groups is 1. The third-order valence-corrected chi connectivity index (χ3v) is 1.82. The molecular weight excluding hydrogens is 227 g/mol. The van der Waals surface area contributed by atoms with Gasteiger partial charge < -0.3 is 9.47 Å². The molecule has 1 heterocycles. The Kier molecular flexibility index (Phi) is 3.70. The fourth-order valence-corrected chi connectivity index (χ4v) is 1.09. The van der Waals surface area contributed by atoms with Gasteiger partial charge in [-0.15, -0.1) is 0 Å². The topological polar surface area (TPSA) is 48.4 Å². The summed E-state index contributed by atoms with van der Waals surface area (Å²) in [7, 11) is 2.04. The molecule has 7 heteroatoms.